The second kappa shape index (κ2) is 7.43. The van der Waals surface area contributed by atoms with Crippen LogP contribution in [0.25, 0.3) is 0 Å². The van der Waals surface area contributed by atoms with Crippen molar-refractivity contribution in [2.45, 2.75) is 26.2 Å². The number of methoxy groups -OCH3 is 1. The maximum atomic E-state index is 12.1. The Balaban J connectivity index is 2.25. The Morgan fingerprint density at radius 2 is 1.81 bits per heavy atom. The zero-order chi connectivity index (χ0) is 15.1. The van der Waals surface area contributed by atoms with E-state index in [1.807, 2.05) is 24.3 Å². The van der Waals surface area contributed by atoms with E-state index in [1.165, 1.54) is 0 Å². The second-order valence-corrected chi connectivity index (χ2v) is 4.80. The molecular weight excluding hydrogens is 264 g/mol. The van der Waals surface area contributed by atoms with Gasteiger partial charge in [-0.25, -0.2) is 0 Å². The predicted molar refractivity (Wildman–Crippen MR) is 83.4 cm³/mol. The number of nitrogens with zero attached hydrogens (tertiary/aromatic N) is 2. The average Bonchev–Trinajstić information content (AvgIpc) is 2.54. The standard InChI is InChI=1S/C17H20N2O2/c1-3-4-7-14-8-5-6-9-17(14)18-19(20)15-10-12-16(21-2)13-11-15/h5-6,8-13H,3-4,7H2,1-2H3. The monoisotopic (exact) mass is 284 g/mol. The molecule has 0 fully saturated rings. The Bertz CT molecular complexity index is 606. The summed E-state index contributed by atoms with van der Waals surface area (Å²) in [5.74, 6) is 0.718. The molecule has 0 radical (unpaired) electrons. The predicted octanol–water partition coefficient (Wildman–Crippen LogP) is 4.96. The number of rotatable bonds is 6. The van der Waals surface area contributed by atoms with Gasteiger partial charge in [0, 0.05) is 17.2 Å². The Labute approximate surface area is 125 Å². The molecule has 0 unspecified atom stereocenters. The number of unbranched alkanes of at least 4 members (excludes halogenated alkanes) is 1. The van der Waals surface area contributed by atoms with Crippen molar-refractivity contribution in [2.75, 3.05) is 7.11 Å². The number of aryl methyl sites for hydroxylation is 1. The van der Waals surface area contributed by atoms with Gasteiger partial charge in [-0.05, 0) is 36.6 Å². The highest BCUT2D eigenvalue weighted by Gasteiger charge is 2.07. The van der Waals surface area contributed by atoms with E-state index in [1.54, 1.807) is 31.4 Å². The lowest BCUT2D eigenvalue weighted by atomic mass is 10.1. The molecule has 2 rings (SSSR count). The number of azo groups is 1. The lowest BCUT2D eigenvalue weighted by molar-refractivity contribution is -0.435. The van der Waals surface area contributed by atoms with E-state index in [4.69, 9.17) is 4.74 Å². The van der Waals surface area contributed by atoms with Crippen LogP contribution in [0.1, 0.15) is 25.3 Å². The minimum atomic E-state index is 0.487. The van der Waals surface area contributed by atoms with E-state index in [-0.39, 0.29) is 0 Å². The molecule has 0 N–H and O–H groups in total. The van der Waals surface area contributed by atoms with Crippen molar-refractivity contribution in [1.29, 1.82) is 0 Å². The molecule has 0 amide bonds. The minimum absolute atomic E-state index is 0.487. The van der Waals surface area contributed by atoms with Crippen LogP contribution in [0.4, 0.5) is 11.4 Å². The van der Waals surface area contributed by atoms with Crippen LogP contribution >= 0.6 is 0 Å². The summed E-state index contributed by atoms with van der Waals surface area (Å²) in [4.78, 5) is 0.657. The van der Waals surface area contributed by atoms with Crippen molar-refractivity contribution in [2.24, 2.45) is 5.11 Å². The van der Waals surface area contributed by atoms with E-state index >= 15 is 0 Å². The number of ether oxygens (including phenoxy) is 1. The zero-order valence-corrected chi connectivity index (χ0v) is 12.5. The highest BCUT2D eigenvalue weighted by molar-refractivity contribution is 5.45. The molecule has 0 heterocycles. The largest absolute Gasteiger partial charge is 0.594 e. The van der Waals surface area contributed by atoms with Crippen LogP contribution in [0.2, 0.25) is 0 Å². The third-order valence-corrected chi connectivity index (χ3v) is 3.28. The fourth-order valence-corrected chi connectivity index (χ4v) is 2.05. The van der Waals surface area contributed by atoms with Crippen LogP contribution in [0, 0.1) is 5.21 Å². The normalized spacial score (nSPS) is 11.4. The fraction of sp³-hybridized carbons (Fsp3) is 0.294. The summed E-state index contributed by atoms with van der Waals surface area (Å²) in [6.45, 7) is 2.15. The van der Waals surface area contributed by atoms with E-state index < -0.39 is 0 Å². The lowest BCUT2D eigenvalue weighted by Crippen LogP contribution is -1.93. The minimum Gasteiger partial charge on any atom is -0.594 e. The third kappa shape index (κ3) is 4.05. The van der Waals surface area contributed by atoms with E-state index in [2.05, 4.69) is 12.0 Å². The first-order chi connectivity index (χ1) is 10.2. The molecule has 110 valence electrons. The average molecular weight is 284 g/mol. The molecule has 2 aromatic rings. The summed E-state index contributed by atoms with van der Waals surface area (Å²) < 4.78 is 5.08. The second-order valence-electron chi connectivity index (χ2n) is 4.80. The van der Waals surface area contributed by atoms with Crippen molar-refractivity contribution in [3.63, 3.8) is 0 Å². The summed E-state index contributed by atoms with van der Waals surface area (Å²) in [6.07, 6.45) is 3.15. The third-order valence-electron chi connectivity index (χ3n) is 3.28. The fourth-order valence-electron chi connectivity index (χ4n) is 2.05. The Morgan fingerprint density at radius 1 is 1.10 bits per heavy atom. The quantitative estimate of drug-likeness (QED) is 0.427. The van der Waals surface area contributed by atoms with Crippen molar-refractivity contribution >= 4 is 11.4 Å². The van der Waals surface area contributed by atoms with Gasteiger partial charge < -0.3 is 9.94 Å². The van der Waals surface area contributed by atoms with Gasteiger partial charge in [0.2, 0.25) is 5.69 Å². The highest BCUT2D eigenvalue weighted by Crippen LogP contribution is 2.24. The van der Waals surface area contributed by atoms with Crippen LogP contribution in [0.3, 0.4) is 0 Å². The van der Waals surface area contributed by atoms with Crippen LogP contribution in [-0.4, -0.2) is 12.0 Å². The van der Waals surface area contributed by atoms with Gasteiger partial charge in [-0.3, -0.25) is 0 Å². The van der Waals surface area contributed by atoms with Gasteiger partial charge in [-0.1, -0.05) is 36.4 Å². The van der Waals surface area contributed by atoms with E-state index in [0.717, 1.165) is 36.3 Å². The Kier molecular flexibility index (Phi) is 5.32. The smallest absolute Gasteiger partial charge is 0.245 e. The summed E-state index contributed by atoms with van der Waals surface area (Å²) in [7, 11) is 1.60. The van der Waals surface area contributed by atoms with Crippen LogP contribution in [0.15, 0.2) is 53.6 Å². The highest BCUT2D eigenvalue weighted by atomic mass is 16.5. The first-order valence-corrected chi connectivity index (χ1v) is 7.15. The molecule has 21 heavy (non-hydrogen) atoms. The number of benzene rings is 2. The molecule has 0 atom stereocenters. The molecule has 0 aromatic heterocycles. The SMILES string of the molecule is CCCCc1ccccc1N=[N+]([O-])c1ccc(OC)cc1. The van der Waals surface area contributed by atoms with Gasteiger partial charge in [0.15, 0.2) is 0 Å². The van der Waals surface area contributed by atoms with Crippen molar-refractivity contribution < 1.29 is 9.60 Å². The van der Waals surface area contributed by atoms with Crippen molar-refractivity contribution in [1.82, 2.24) is 0 Å². The van der Waals surface area contributed by atoms with Gasteiger partial charge >= 0.3 is 0 Å². The molecule has 0 aliphatic heterocycles. The molecule has 0 saturated heterocycles. The van der Waals surface area contributed by atoms with Gasteiger partial charge in [0.1, 0.15) is 11.4 Å². The summed E-state index contributed by atoms with van der Waals surface area (Å²) in [5.41, 5.74) is 2.33. The topological polar surface area (TPSA) is 47.7 Å². The molecule has 0 aliphatic carbocycles. The lowest BCUT2D eigenvalue weighted by Gasteiger charge is -2.05. The molecule has 0 saturated carbocycles. The van der Waals surface area contributed by atoms with Crippen molar-refractivity contribution in [3.05, 3.63) is 59.3 Å². The Hall–Kier alpha value is -2.36. The van der Waals surface area contributed by atoms with Gasteiger partial charge in [0.05, 0.1) is 7.11 Å². The number of hydrogen-bond acceptors (Lipinski definition) is 3. The first-order valence-electron chi connectivity index (χ1n) is 7.15. The van der Waals surface area contributed by atoms with Crippen molar-refractivity contribution in [3.8, 4) is 5.75 Å². The molecule has 4 heteroatoms. The molecule has 0 bridgehead atoms. The van der Waals surface area contributed by atoms with E-state index in [9.17, 15) is 5.21 Å². The summed E-state index contributed by atoms with van der Waals surface area (Å²) in [6, 6.07) is 14.7. The first kappa shape index (κ1) is 15.0. The molecule has 0 aliphatic rings. The Morgan fingerprint density at radius 3 is 2.48 bits per heavy atom. The van der Waals surface area contributed by atoms with E-state index in [0.29, 0.717) is 10.5 Å². The van der Waals surface area contributed by atoms with Crippen LogP contribution < -0.4 is 4.74 Å². The molecule has 2 aromatic carbocycles. The van der Waals surface area contributed by atoms with Gasteiger partial charge in [0.25, 0.3) is 0 Å². The van der Waals surface area contributed by atoms with Crippen LogP contribution in [-0.2, 0) is 6.42 Å². The summed E-state index contributed by atoms with van der Waals surface area (Å²) in [5, 5.41) is 16.3. The van der Waals surface area contributed by atoms with Gasteiger partial charge in [-0.2, -0.15) is 0 Å². The summed E-state index contributed by atoms with van der Waals surface area (Å²) >= 11 is 0. The zero-order valence-electron chi connectivity index (χ0n) is 12.5. The number of hydrogen-bond donors (Lipinski definition) is 0. The maximum absolute atomic E-state index is 12.1. The van der Waals surface area contributed by atoms with Crippen LogP contribution in [0.5, 0.6) is 5.75 Å². The van der Waals surface area contributed by atoms with Gasteiger partial charge in [-0.15, -0.1) is 0 Å². The maximum Gasteiger partial charge on any atom is 0.245 e. The molecule has 4 nitrogen and oxygen atoms in total. The molecule has 0 spiro atoms. The molecular formula is C17H20N2O2.